The number of halogens is 2. The SMILES string of the molecule is COC1(C(=O)NCC2(N(C)C)CCCC2)CCNCC1.Cl.Cl. The van der Waals surface area contributed by atoms with Gasteiger partial charge in [0.2, 0.25) is 0 Å². The lowest BCUT2D eigenvalue weighted by molar-refractivity contribution is -0.147. The monoisotopic (exact) mass is 355 g/mol. The van der Waals surface area contributed by atoms with E-state index < -0.39 is 5.60 Å². The number of ether oxygens (including phenoxy) is 1. The smallest absolute Gasteiger partial charge is 0.252 e. The number of piperidine rings is 1. The standard InChI is InChI=1S/C15H29N3O2.2ClH/c1-18(2)14(6-4-5-7-14)12-17-13(19)15(20-3)8-10-16-11-9-15;;/h16H,4-12H2,1-3H3,(H,17,19);2*1H. The van der Waals surface area contributed by atoms with Crippen molar-refractivity contribution in [2.75, 3.05) is 40.8 Å². The Morgan fingerprint density at radius 2 is 1.68 bits per heavy atom. The molecule has 0 radical (unpaired) electrons. The quantitative estimate of drug-likeness (QED) is 0.786. The molecule has 7 heteroatoms. The average Bonchev–Trinajstić information content (AvgIpc) is 2.95. The van der Waals surface area contributed by atoms with Gasteiger partial charge in [0.1, 0.15) is 5.60 Å². The molecule has 0 spiro atoms. The van der Waals surface area contributed by atoms with Crippen LogP contribution >= 0.6 is 24.8 Å². The van der Waals surface area contributed by atoms with Gasteiger partial charge in [0, 0.05) is 19.2 Å². The fourth-order valence-corrected chi connectivity index (χ4v) is 3.58. The number of likely N-dealkylation sites (N-methyl/N-ethyl adjacent to an activating group) is 1. The first-order chi connectivity index (χ1) is 9.55. The molecule has 1 amide bonds. The fourth-order valence-electron chi connectivity index (χ4n) is 3.58. The third-order valence-electron chi connectivity index (χ3n) is 5.28. The van der Waals surface area contributed by atoms with Gasteiger partial charge in [-0.25, -0.2) is 0 Å². The van der Waals surface area contributed by atoms with Gasteiger partial charge in [-0.15, -0.1) is 24.8 Å². The summed E-state index contributed by atoms with van der Waals surface area (Å²) in [5.74, 6) is 0.0645. The number of hydrogen-bond donors (Lipinski definition) is 2. The Bertz CT molecular complexity index is 342. The van der Waals surface area contributed by atoms with E-state index in [1.165, 1.54) is 25.7 Å². The van der Waals surface area contributed by atoms with Gasteiger partial charge in [-0.3, -0.25) is 4.79 Å². The van der Waals surface area contributed by atoms with Crippen LogP contribution in [-0.4, -0.2) is 62.8 Å². The number of carbonyl (C=O) groups excluding carboxylic acids is 1. The van der Waals surface area contributed by atoms with E-state index in [4.69, 9.17) is 4.74 Å². The van der Waals surface area contributed by atoms with E-state index in [-0.39, 0.29) is 36.3 Å². The van der Waals surface area contributed by atoms with Crippen molar-refractivity contribution in [3.05, 3.63) is 0 Å². The van der Waals surface area contributed by atoms with E-state index in [1.54, 1.807) is 7.11 Å². The molecule has 0 aromatic heterocycles. The first-order valence-electron chi connectivity index (χ1n) is 7.76. The molecular weight excluding hydrogens is 325 g/mol. The lowest BCUT2D eigenvalue weighted by Gasteiger charge is -2.39. The molecule has 22 heavy (non-hydrogen) atoms. The zero-order valence-electron chi connectivity index (χ0n) is 13.9. The maximum Gasteiger partial charge on any atom is 0.252 e. The number of methoxy groups -OCH3 is 1. The molecule has 5 nitrogen and oxygen atoms in total. The van der Waals surface area contributed by atoms with Gasteiger partial charge < -0.3 is 20.3 Å². The Morgan fingerprint density at radius 1 is 1.14 bits per heavy atom. The topological polar surface area (TPSA) is 53.6 Å². The molecule has 0 unspecified atom stereocenters. The van der Waals surface area contributed by atoms with E-state index in [0.29, 0.717) is 0 Å². The molecule has 2 rings (SSSR count). The van der Waals surface area contributed by atoms with Gasteiger partial charge in [-0.05, 0) is 52.9 Å². The fraction of sp³-hybridized carbons (Fsp3) is 0.933. The first-order valence-corrected chi connectivity index (χ1v) is 7.76. The van der Waals surface area contributed by atoms with Gasteiger partial charge in [0.15, 0.2) is 0 Å². The Balaban J connectivity index is 0.00000220. The minimum Gasteiger partial charge on any atom is -0.368 e. The van der Waals surface area contributed by atoms with Crippen LogP contribution in [0.4, 0.5) is 0 Å². The molecule has 1 aliphatic heterocycles. The van der Waals surface area contributed by atoms with E-state index in [0.717, 1.165) is 32.5 Å². The molecule has 0 aromatic rings. The molecule has 0 aromatic carbocycles. The highest BCUT2D eigenvalue weighted by Gasteiger charge is 2.42. The van der Waals surface area contributed by atoms with E-state index >= 15 is 0 Å². The molecule has 1 aliphatic carbocycles. The maximum atomic E-state index is 12.6. The summed E-state index contributed by atoms with van der Waals surface area (Å²) in [6.07, 6.45) is 6.36. The van der Waals surface area contributed by atoms with Crippen molar-refractivity contribution in [2.45, 2.75) is 49.7 Å². The van der Waals surface area contributed by atoms with Crippen LogP contribution in [0, 0.1) is 0 Å². The minimum absolute atomic E-state index is 0. The second-order valence-corrected chi connectivity index (χ2v) is 6.46. The summed E-state index contributed by atoms with van der Waals surface area (Å²) in [5, 5.41) is 6.46. The third-order valence-corrected chi connectivity index (χ3v) is 5.28. The first kappa shape index (κ1) is 21.9. The van der Waals surface area contributed by atoms with Crippen molar-refractivity contribution in [2.24, 2.45) is 0 Å². The van der Waals surface area contributed by atoms with Crippen molar-refractivity contribution in [3.8, 4) is 0 Å². The number of amides is 1. The van der Waals surface area contributed by atoms with Gasteiger partial charge in [0.25, 0.3) is 5.91 Å². The summed E-state index contributed by atoms with van der Waals surface area (Å²) < 4.78 is 5.58. The molecule has 132 valence electrons. The maximum absolute atomic E-state index is 12.6. The Hall–Kier alpha value is -0.0700. The van der Waals surface area contributed by atoms with Crippen molar-refractivity contribution >= 4 is 30.7 Å². The van der Waals surface area contributed by atoms with Crippen LogP contribution in [0.15, 0.2) is 0 Å². The predicted octanol–water partition coefficient (Wildman–Crippen LogP) is 1.59. The number of hydrogen-bond acceptors (Lipinski definition) is 4. The van der Waals surface area contributed by atoms with Crippen molar-refractivity contribution in [1.82, 2.24) is 15.5 Å². The highest BCUT2D eigenvalue weighted by Crippen LogP contribution is 2.33. The molecule has 2 N–H and O–H groups in total. The molecule has 0 bridgehead atoms. The molecule has 2 fully saturated rings. The lowest BCUT2D eigenvalue weighted by Crippen LogP contribution is -2.58. The van der Waals surface area contributed by atoms with Crippen molar-refractivity contribution < 1.29 is 9.53 Å². The molecule has 1 saturated heterocycles. The van der Waals surface area contributed by atoms with Crippen LogP contribution in [0.25, 0.3) is 0 Å². The van der Waals surface area contributed by atoms with Gasteiger partial charge >= 0.3 is 0 Å². The minimum atomic E-state index is -0.628. The van der Waals surface area contributed by atoms with Gasteiger partial charge in [0.05, 0.1) is 0 Å². The number of rotatable bonds is 5. The normalized spacial score (nSPS) is 22.5. The van der Waals surface area contributed by atoms with Crippen LogP contribution in [0.3, 0.4) is 0 Å². The molecule has 2 aliphatic rings. The van der Waals surface area contributed by atoms with Crippen LogP contribution in [0.2, 0.25) is 0 Å². The molecule has 1 saturated carbocycles. The Kier molecular flexibility index (Phi) is 9.25. The third kappa shape index (κ3) is 4.48. The second-order valence-electron chi connectivity index (χ2n) is 6.46. The molecule has 1 heterocycles. The van der Waals surface area contributed by atoms with Crippen molar-refractivity contribution in [1.29, 1.82) is 0 Å². The summed E-state index contributed by atoms with van der Waals surface area (Å²) in [4.78, 5) is 14.9. The average molecular weight is 356 g/mol. The van der Waals surface area contributed by atoms with E-state index in [2.05, 4.69) is 29.6 Å². The summed E-state index contributed by atoms with van der Waals surface area (Å²) in [6.45, 7) is 2.43. The van der Waals surface area contributed by atoms with Gasteiger partial charge in [-0.1, -0.05) is 12.8 Å². The van der Waals surface area contributed by atoms with E-state index in [9.17, 15) is 4.79 Å². The summed E-state index contributed by atoms with van der Waals surface area (Å²) in [6, 6.07) is 0. The predicted molar refractivity (Wildman–Crippen MR) is 94.2 cm³/mol. The largest absolute Gasteiger partial charge is 0.368 e. The zero-order chi connectivity index (χ0) is 14.6. The molecular formula is C15H31Cl2N3O2. The summed E-state index contributed by atoms with van der Waals surface area (Å²) >= 11 is 0. The zero-order valence-corrected chi connectivity index (χ0v) is 15.6. The van der Waals surface area contributed by atoms with Crippen LogP contribution in [-0.2, 0) is 9.53 Å². The summed E-state index contributed by atoms with van der Waals surface area (Å²) in [5.41, 5.74) is -0.491. The number of carbonyl (C=O) groups is 1. The highest BCUT2D eigenvalue weighted by molar-refractivity contribution is 5.86. The Labute approximate surface area is 146 Å². The van der Waals surface area contributed by atoms with Crippen LogP contribution in [0.1, 0.15) is 38.5 Å². The van der Waals surface area contributed by atoms with Crippen LogP contribution in [0.5, 0.6) is 0 Å². The highest BCUT2D eigenvalue weighted by atomic mass is 35.5. The Morgan fingerprint density at radius 3 is 2.14 bits per heavy atom. The number of nitrogens with one attached hydrogen (secondary N) is 2. The van der Waals surface area contributed by atoms with Crippen molar-refractivity contribution in [3.63, 3.8) is 0 Å². The summed E-state index contributed by atoms with van der Waals surface area (Å²) in [7, 11) is 5.89. The van der Waals surface area contributed by atoms with Crippen LogP contribution < -0.4 is 10.6 Å². The lowest BCUT2D eigenvalue weighted by atomic mass is 9.90. The van der Waals surface area contributed by atoms with E-state index in [1.807, 2.05) is 0 Å². The second kappa shape index (κ2) is 9.28. The number of nitrogens with zero attached hydrogens (tertiary/aromatic N) is 1. The van der Waals surface area contributed by atoms with Gasteiger partial charge in [-0.2, -0.15) is 0 Å². The molecule has 0 atom stereocenters.